The van der Waals surface area contributed by atoms with Crippen molar-refractivity contribution < 1.29 is 28.5 Å². The van der Waals surface area contributed by atoms with Gasteiger partial charge in [0.25, 0.3) is 0 Å². The van der Waals surface area contributed by atoms with Crippen molar-refractivity contribution in [2.45, 2.75) is 6.92 Å². The first-order chi connectivity index (χ1) is 3.77. The molecule has 48 valence electrons. The van der Waals surface area contributed by atoms with Gasteiger partial charge in [0.05, 0.1) is 0 Å². The van der Waals surface area contributed by atoms with E-state index in [2.05, 4.69) is 17.4 Å². The molecule has 0 spiro atoms. The number of rotatable bonds is 2. The Kier molecular flexibility index (Phi) is 5.85. The number of hydrogen-bond acceptors (Lipinski definition) is 2. The SMILES string of the molecule is CC(=O)O/C=C\[I-]Br. The minimum absolute atomic E-state index is 0.0698. The van der Waals surface area contributed by atoms with Crippen molar-refractivity contribution in [3.05, 3.63) is 10.3 Å². The van der Waals surface area contributed by atoms with Gasteiger partial charge >= 0.3 is 64.4 Å². The predicted octanol–water partition coefficient (Wildman–Crippen LogP) is -1.58. The maximum absolute atomic E-state index is 10.0. The Morgan fingerprint density at radius 3 is 2.88 bits per heavy atom. The van der Waals surface area contributed by atoms with E-state index < -0.39 is 0 Å². The third-order valence-electron chi connectivity index (χ3n) is 0.333. The second kappa shape index (κ2) is 5.55. The first kappa shape index (κ1) is 8.42. The van der Waals surface area contributed by atoms with Gasteiger partial charge in [-0.25, -0.2) is 0 Å². The average Bonchev–Trinajstić information content (AvgIpc) is 1.66. The van der Waals surface area contributed by atoms with E-state index >= 15 is 0 Å². The first-order valence-corrected chi connectivity index (χ1v) is 7.92. The van der Waals surface area contributed by atoms with Crippen molar-refractivity contribution in [3.63, 3.8) is 0 Å². The van der Waals surface area contributed by atoms with Crippen molar-refractivity contribution in [2.24, 2.45) is 0 Å². The molecule has 0 amide bonds. The molecule has 8 heavy (non-hydrogen) atoms. The van der Waals surface area contributed by atoms with E-state index in [4.69, 9.17) is 0 Å². The van der Waals surface area contributed by atoms with Crippen molar-refractivity contribution >= 4 is 18.7 Å². The van der Waals surface area contributed by atoms with E-state index in [1.165, 1.54) is 13.2 Å². The number of halogens is 2. The third kappa shape index (κ3) is 6.42. The van der Waals surface area contributed by atoms with Crippen LogP contribution in [0.3, 0.4) is 0 Å². The molecule has 0 unspecified atom stereocenters. The number of ether oxygens (including phenoxy) is 1. The van der Waals surface area contributed by atoms with Crippen LogP contribution in [0.5, 0.6) is 0 Å². The van der Waals surface area contributed by atoms with Crippen LogP contribution < -0.4 is 19.0 Å². The molecule has 0 aromatic carbocycles. The topological polar surface area (TPSA) is 26.3 Å². The normalized spacial score (nSPS) is 10.2. The van der Waals surface area contributed by atoms with E-state index in [1.54, 1.807) is 4.08 Å². The fourth-order valence-corrected chi connectivity index (χ4v) is 0.946. The van der Waals surface area contributed by atoms with Gasteiger partial charge in [-0.1, -0.05) is 0 Å². The van der Waals surface area contributed by atoms with Crippen LogP contribution in [0.4, 0.5) is 0 Å². The van der Waals surface area contributed by atoms with Gasteiger partial charge in [0.2, 0.25) is 0 Å². The summed E-state index contributed by atoms with van der Waals surface area (Å²) in [4.78, 5) is 10.0. The van der Waals surface area contributed by atoms with Gasteiger partial charge in [-0.15, -0.1) is 0 Å². The molecule has 0 aliphatic carbocycles. The van der Waals surface area contributed by atoms with Crippen molar-refractivity contribution in [1.82, 2.24) is 0 Å². The summed E-state index contributed by atoms with van der Waals surface area (Å²) in [5.74, 6) is -0.272. The zero-order chi connectivity index (χ0) is 6.41. The molecule has 0 aliphatic heterocycles. The van der Waals surface area contributed by atoms with Gasteiger partial charge in [-0.05, 0) is 0 Å². The predicted molar refractivity (Wildman–Crippen MR) is 29.8 cm³/mol. The number of esters is 1. The van der Waals surface area contributed by atoms with Crippen LogP contribution in [0.15, 0.2) is 10.3 Å². The van der Waals surface area contributed by atoms with Gasteiger partial charge < -0.3 is 0 Å². The van der Waals surface area contributed by atoms with E-state index in [0.717, 1.165) is 0 Å². The van der Waals surface area contributed by atoms with Crippen molar-refractivity contribution in [2.75, 3.05) is 0 Å². The standard InChI is InChI=1S/C4H5BrIO2/c1-4(7)8-3-2-6-5/h2-3H,1H3/q-1/b3-2-. The Bertz CT molecular complexity index is 102. The van der Waals surface area contributed by atoms with Crippen LogP contribution in [0.1, 0.15) is 6.92 Å². The molecule has 0 saturated carbocycles. The number of hydrogen-bond donors (Lipinski definition) is 0. The summed E-state index contributed by atoms with van der Waals surface area (Å²) in [5.41, 5.74) is 0. The minimum atomic E-state index is -0.272. The average molecular weight is 292 g/mol. The van der Waals surface area contributed by atoms with Gasteiger partial charge in [-0.2, -0.15) is 0 Å². The molecule has 0 aromatic heterocycles. The van der Waals surface area contributed by atoms with E-state index in [1.807, 2.05) is 0 Å². The molecule has 0 fully saturated rings. The summed E-state index contributed by atoms with van der Waals surface area (Å²) in [5, 5.41) is 0. The van der Waals surface area contributed by atoms with Crippen LogP contribution in [0.25, 0.3) is 0 Å². The summed E-state index contributed by atoms with van der Waals surface area (Å²) in [7, 11) is 0. The number of carbonyl (C=O) groups is 1. The summed E-state index contributed by atoms with van der Waals surface area (Å²) in [6.45, 7) is 1.37. The van der Waals surface area contributed by atoms with Crippen LogP contribution in [0.2, 0.25) is 0 Å². The Morgan fingerprint density at radius 2 is 2.50 bits per heavy atom. The molecule has 0 radical (unpaired) electrons. The second-order valence-electron chi connectivity index (χ2n) is 0.954. The molecular formula is C4H5BrIO2-. The third-order valence-corrected chi connectivity index (χ3v) is 2.24. The summed E-state index contributed by atoms with van der Waals surface area (Å²) < 4.78 is 6.27. The maximum atomic E-state index is 10.0. The Morgan fingerprint density at radius 1 is 1.88 bits per heavy atom. The molecule has 4 heteroatoms. The Hall–Kier alpha value is 0.420. The monoisotopic (exact) mass is 291 g/mol. The van der Waals surface area contributed by atoms with E-state index in [-0.39, 0.29) is 24.9 Å². The van der Waals surface area contributed by atoms with Gasteiger partial charge in [0.1, 0.15) is 0 Å². The molecule has 2 nitrogen and oxygen atoms in total. The molecule has 0 aromatic rings. The number of carbonyl (C=O) groups excluding carboxylic acids is 1. The van der Waals surface area contributed by atoms with Gasteiger partial charge in [0, 0.05) is 0 Å². The summed E-state index contributed by atoms with van der Waals surface area (Å²) in [6.07, 6.45) is 1.41. The van der Waals surface area contributed by atoms with Crippen LogP contribution >= 0.6 is 12.7 Å². The molecule has 0 rings (SSSR count). The Labute approximate surface area is 64.3 Å². The second-order valence-corrected chi connectivity index (χ2v) is 4.47. The summed E-state index contributed by atoms with van der Waals surface area (Å²) in [6, 6.07) is 0. The molecule has 0 aliphatic rings. The molecule has 0 saturated heterocycles. The molecule has 0 heterocycles. The van der Waals surface area contributed by atoms with Crippen LogP contribution in [-0.2, 0) is 9.53 Å². The zero-order valence-corrected chi connectivity index (χ0v) is 7.97. The fourth-order valence-electron chi connectivity index (χ4n) is 0.141. The van der Waals surface area contributed by atoms with Crippen molar-refractivity contribution in [1.29, 1.82) is 0 Å². The molecule has 0 N–H and O–H groups in total. The molecule has 0 atom stereocenters. The Balaban J connectivity index is 3.16. The van der Waals surface area contributed by atoms with Gasteiger partial charge in [0.15, 0.2) is 0 Å². The van der Waals surface area contributed by atoms with Crippen molar-refractivity contribution in [3.8, 4) is 0 Å². The van der Waals surface area contributed by atoms with E-state index in [9.17, 15) is 4.79 Å². The first-order valence-electron chi connectivity index (χ1n) is 1.84. The molecular weight excluding hydrogens is 287 g/mol. The van der Waals surface area contributed by atoms with Crippen LogP contribution in [-0.4, -0.2) is 5.97 Å². The van der Waals surface area contributed by atoms with Gasteiger partial charge in [-0.3, -0.25) is 0 Å². The van der Waals surface area contributed by atoms with E-state index in [0.29, 0.717) is 0 Å². The molecule has 0 bridgehead atoms. The summed E-state index contributed by atoms with van der Waals surface area (Å²) >= 11 is 3.16. The zero-order valence-electron chi connectivity index (χ0n) is 4.23. The fraction of sp³-hybridized carbons (Fsp3) is 0.250. The van der Waals surface area contributed by atoms with Crippen LogP contribution in [0, 0.1) is 0 Å². The quantitative estimate of drug-likeness (QED) is 0.349.